The van der Waals surface area contributed by atoms with E-state index < -0.39 is 0 Å². The number of aromatic nitrogens is 3. The Labute approximate surface area is 117 Å². The topological polar surface area (TPSA) is 47.8 Å². The van der Waals surface area contributed by atoms with Crippen LogP contribution in [-0.4, -0.2) is 22.4 Å². The lowest BCUT2D eigenvalue weighted by molar-refractivity contribution is 0.950. The average molecular weight is 259 g/mol. The molecule has 5 heteroatoms. The first-order valence-corrected chi connectivity index (χ1v) is 6.11. The lowest BCUT2D eigenvalue weighted by atomic mass is 9.95. The Morgan fingerprint density at radius 1 is 1.00 bits per heavy atom. The van der Waals surface area contributed by atoms with Crippen molar-refractivity contribution in [3.8, 4) is 17.1 Å². The number of pyridine rings is 3. The van der Waals surface area contributed by atoms with Gasteiger partial charge in [-0.25, -0.2) is 4.98 Å². The molecule has 0 saturated carbocycles. The van der Waals surface area contributed by atoms with E-state index in [4.69, 9.17) is 7.85 Å². The molecule has 4 nitrogen and oxygen atoms in total. The molecule has 0 N–H and O–H groups in total. The van der Waals surface area contributed by atoms with Gasteiger partial charge in [-0.05, 0) is 29.7 Å². The van der Waals surface area contributed by atoms with Crippen molar-refractivity contribution < 1.29 is 0 Å². The van der Waals surface area contributed by atoms with Crippen LogP contribution in [0.15, 0.2) is 65.8 Å². The summed E-state index contributed by atoms with van der Waals surface area (Å²) in [6, 6.07) is 12.6. The molecule has 0 aliphatic carbocycles. The van der Waals surface area contributed by atoms with Crippen molar-refractivity contribution in [2.45, 2.75) is 0 Å². The van der Waals surface area contributed by atoms with Crippen LogP contribution in [-0.2, 0) is 0 Å². The molecule has 2 radical (unpaired) electrons. The molecule has 0 unspecified atom stereocenters. The first-order valence-electron chi connectivity index (χ1n) is 6.11. The van der Waals surface area contributed by atoms with Gasteiger partial charge < -0.3 is 0 Å². The Morgan fingerprint density at radius 2 is 1.75 bits per heavy atom. The fraction of sp³-hybridized carbons (Fsp3) is 0. The molecule has 0 bridgehead atoms. The average Bonchev–Trinajstić information content (AvgIpc) is 2.51. The second kappa shape index (κ2) is 5.13. The van der Waals surface area contributed by atoms with Gasteiger partial charge in [-0.1, -0.05) is 18.2 Å². The van der Waals surface area contributed by atoms with Crippen LogP contribution >= 0.6 is 0 Å². The highest BCUT2D eigenvalue weighted by Gasteiger charge is 2.07. The molecule has 20 heavy (non-hydrogen) atoms. The lowest BCUT2D eigenvalue weighted by Gasteiger charge is -2.09. The standard InChI is InChI=1S/C15H10BN3O/c16-12-9-11(13-5-1-3-7-17-13)10-19(15(12)20)14-6-2-4-8-18-14/h1-10H. The summed E-state index contributed by atoms with van der Waals surface area (Å²) in [5.74, 6) is 0.530. The molecule has 0 fully saturated rings. The fourth-order valence-electron chi connectivity index (χ4n) is 1.94. The van der Waals surface area contributed by atoms with E-state index >= 15 is 0 Å². The molecule has 0 spiro atoms. The van der Waals surface area contributed by atoms with E-state index in [0.29, 0.717) is 5.82 Å². The molecule has 3 aromatic heterocycles. The van der Waals surface area contributed by atoms with Crippen LogP contribution in [0.3, 0.4) is 0 Å². The smallest absolute Gasteiger partial charge is 0.249 e. The molecule has 0 aliphatic rings. The monoisotopic (exact) mass is 259 g/mol. The van der Waals surface area contributed by atoms with Crippen molar-refractivity contribution in [3.63, 3.8) is 0 Å². The van der Waals surface area contributed by atoms with E-state index in [2.05, 4.69) is 9.97 Å². The summed E-state index contributed by atoms with van der Waals surface area (Å²) < 4.78 is 1.43. The number of hydrogen-bond acceptors (Lipinski definition) is 3. The maximum Gasteiger partial charge on any atom is 0.249 e. The van der Waals surface area contributed by atoms with Gasteiger partial charge in [-0.3, -0.25) is 14.3 Å². The Bertz CT molecular complexity index is 785. The Hall–Kier alpha value is -2.69. The highest BCUT2D eigenvalue weighted by molar-refractivity contribution is 6.32. The minimum atomic E-state index is -0.289. The first-order chi connectivity index (χ1) is 9.75. The quantitative estimate of drug-likeness (QED) is 0.647. The largest absolute Gasteiger partial charge is 0.270 e. The third-order valence-corrected chi connectivity index (χ3v) is 2.90. The van der Waals surface area contributed by atoms with Gasteiger partial charge >= 0.3 is 0 Å². The molecule has 3 aromatic rings. The van der Waals surface area contributed by atoms with E-state index in [0.717, 1.165) is 11.3 Å². The van der Waals surface area contributed by atoms with Crippen molar-refractivity contribution in [3.05, 3.63) is 71.4 Å². The zero-order valence-corrected chi connectivity index (χ0v) is 10.6. The van der Waals surface area contributed by atoms with Crippen LogP contribution in [0.25, 0.3) is 17.1 Å². The Morgan fingerprint density at radius 3 is 2.40 bits per heavy atom. The van der Waals surface area contributed by atoms with Crippen molar-refractivity contribution >= 4 is 13.3 Å². The van der Waals surface area contributed by atoms with E-state index in [9.17, 15) is 4.79 Å². The normalized spacial score (nSPS) is 10.4. The molecule has 3 rings (SSSR count). The molecule has 3 heterocycles. The van der Waals surface area contributed by atoms with Crippen molar-refractivity contribution in [1.29, 1.82) is 0 Å². The van der Waals surface area contributed by atoms with Gasteiger partial charge in [0, 0.05) is 24.2 Å². The van der Waals surface area contributed by atoms with Crippen LogP contribution in [0.2, 0.25) is 0 Å². The SMILES string of the molecule is [B]c1cc(-c2ccccn2)cn(-c2ccccn2)c1=O. The minimum Gasteiger partial charge on any atom is -0.270 e. The van der Waals surface area contributed by atoms with Crippen LogP contribution in [0, 0.1) is 0 Å². The summed E-state index contributed by atoms with van der Waals surface area (Å²) >= 11 is 0. The van der Waals surface area contributed by atoms with Gasteiger partial charge in [0.2, 0.25) is 5.56 Å². The molecular weight excluding hydrogens is 249 g/mol. The number of rotatable bonds is 2. The van der Waals surface area contributed by atoms with Gasteiger partial charge in [0.15, 0.2) is 0 Å². The molecule has 94 valence electrons. The second-order valence-corrected chi connectivity index (χ2v) is 4.26. The summed E-state index contributed by atoms with van der Waals surface area (Å²) in [6.07, 6.45) is 5.02. The minimum absolute atomic E-state index is 0.166. The van der Waals surface area contributed by atoms with Gasteiger partial charge in [0.1, 0.15) is 13.7 Å². The molecule has 0 aliphatic heterocycles. The third kappa shape index (κ3) is 2.25. The van der Waals surface area contributed by atoms with Crippen molar-refractivity contribution in [2.24, 2.45) is 0 Å². The van der Waals surface area contributed by atoms with E-state index in [-0.39, 0.29) is 11.0 Å². The summed E-state index contributed by atoms with van der Waals surface area (Å²) in [6.45, 7) is 0. The highest BCUT2D eigenvalue weighted by Crippen LogP contribution is 2.14. The number of hydrogen-bond donors (Lipinski definition) is 0. The lowest BCUT2D eigenvalue weighted by Crippen LogP contribution is -2.33. The van der Waals surface area contributed by atoms with E-state index in [1.807, 2.05) is 24.3 Å². The highest BCUT2D eigenvalue weighted by atomic mass is 16.1. The first kappa shape index (κ1) is 12.4. The second-order valence-electron chi connectivity index (χ2n) is 4.26. The summed E-state index contributed by atoms with van der Waals surface area (Å²) in [7, 11) is 5.81. The maximum absolute atomic E-state index is 12.1. The van der Waals surface area contributed by atoms with Crippen molar-refractivity contribution in [1.82, 2.24) is 14.5 Å². The van der Waals surface area contributed by atoms with Crippen LogP contribution in [0.4, 0.5) is 0 Å². The predicted molar refractivity (Wildman–Crippen MR) is 78.5 cm³/mol. The van der Waals surface area contributed by atoms with E-state index in [1.165, 1.54) is 4.57 Å². The zero-order chi connectivity index (χ0) is 13.9. The van der Waals surface area contributed by atoms with Gasteiger partial charge in [0.05, 0.1) is 5.69 Å². The molecule has 0 amide bonds. The Kier molecular flexibility index (Phi) is 3.17. The van der Waals surface area contributed by atoms with E-state index in [1.54, 1.807) is 36.8 Å². The molecule has 0 aromatic carbocycles. The summed E-state index contributed by atoms with van der Waals surface area (Å²) in [4.78, 5) is 20.6. The van der Waals surface area contributed by atoms with Crippen molar-refractivity contribution in [2.75, 3.05) is 0 Å². The van der Waals surface area contributed by atoms with Gasteiger partial charge in [-0.15, -0.1) is 0 Å². The number of nitrogens with zero attached hydrogens (tertiary/aromatic N) is 3. The molecular formula is C15H10BN3O. The van der Waals surface area contributed by atoms with Crippen LogP contribution in [0.1, 0.15) is 0 Å². The third-order valence-electron chi connectivity index (χ3n) is 2.90. The Balaban J connectivity index is 2.22. The molecule has 0 atom stereocenters. The fourth-order valence-corrected chi connectivity index (χ4v) is 1.94. The van der Waals surface area contributed by atoms with Gasteiger partial charge in [0.25, 0.3) is 0 Å². The zero-order valence-electron chi connectivity index (χ0n) is 10.6. The maximum atomic E-state index is 12.1. The summed E-state index contributed by atoms with van der Waals surface area (Å²) in [5, 5.41) is 0. The van der Waals surface area contributed by atoms with Crippen LogP contribution < -0.4 is 11.0 Å². The van der Waals surface area contributed by atoms with Gasteiger partial charge in [-0.2, -0.15) is 0 Å². The summed E-state index contributed by atoms with van der Waals surface area (Å²) in [5.41, 5.74) is 1.40. The van der Waals surface area contributed by atoms with Crippen LogP contribution in [0.5, 0.6) is 0 Å². The predicted octanol–water partition coefficient (Wildman–Crippen LogP) is 1.09. The molecule has 0 saturated heterocycles.